The average Bonchev–Trinajstić information content (AvgIpc) is 3.02. The van der Waals surface area contributed by atoms with Crippen molar-refractivity contribution in [2.75, 3.05) is 0 Å². The monoisotopic (exact) mass is 225 g/mol. The maximum atomic E-state index is 10.9. The third-order valence-electron chi connectivity index (χ3n) is 3.91. The van der Waals surface area contributed by atoms with E-state index in [9.17, 15) is 4.79 Å². The van der Waals surface area contributed by atoms with Crippen LogP contribution >= 0.6 is 0 Å². The summed E-state index contributed by atoms with van der Waals surface area (Å²) in [6.45, 7) is 5.92. The van der Waals surface area contributed by atoms with E-state index in [2.05, 4.69) is 5.16 Å². The van der Waals surface area contributed by atoms with Gasteiger partial charge < -0.3 is 9.94 Å². The van der Waals surface area contributed by atoms with Crippen LogP contribution in [0, 0.1) is 23.2 Å². The molecular formula is C12H19NO3. The zero-order chi connectivity index (χ0) is 11.9. The zero-order valence-corrected chi connectivity index (χ0v) is 10.0. The first kappa shape index (κ1) is 11.4. The summed E-state index contributed by atoms with van der Waals surface area (Å²) in [7, 11) is 0. The molecule has 4 nitrogen and oxygen atoms in total. The van der Waals surface area contributed by atoms with Gasteiger partial charge in [0.2, 0.25) is 0 Å². The molecule has 1 N–H and O–H groups in total. The van der Waals surface area contributed by atoms with E-state index in [0.29, 0.717) is 5.92 Å². The summed E-state index contributed by atoms with van der Waals surface area (Å²) in [6.07, 6.45) is 4.28. The van der Waals surface area contributed by atoms with Gasteiger partial charge in [0.15, 0.2) is 0 Å². The summed E-state index contributed by atoms with van der Waals surface area (Å²) in [5.41, 5.74) is -0.179. The second-order valence-electron chi connectivity index (χ2n) is 5.57. The lowest BCUT2D eigenvalue weighted by Gasteiger charge is -2.06. The van der Waals surface area contributed by atoms with Crippen molar-refractivity contribution in [2.24, 2.45) is 28.3 Å². The van der Waals surface area contributed by atoms with Crippen LogP contribution in [0.2, 0.25) is 0 Å². The number of carbonyl (C=O) groups is 1. The Kier molecular flexibility index (Phi) is 2.68. The first-order valence-corrected chi connectivity index (χ1v) is 5.86. The molecule has 2 rings (SSSR count). The highest BCUT2D eigenvalue weighted by molar-refractivity contribution is 5.84. The molecule has 2 fully saturated rings. The van der Waals surface area contributed by atoms with Crippen LogP contribution in [0.15, 0.2) is 5.16 Å². The van der Waals surface area contributed by atoms with Gasteiger partial charge in [-0.05, 0) is 31.1 Å². The van der Waals surface area contributed by atoms with E-state index in [1.807, 2.05) is 20.8 Å². The predicted molar refractivity (Wildman–Crippen MR) is 60.2 cm³/mol. The number of hydrogen-bond donors (Lipinski definition) is 1. The van der Waals surface area contributed by atoms with Crippen molar-refractivity contribution in [2.45, 2.75) is 39.7 Å². The van der Waals surface area contributed by atoms with E-state index in [4.69, 9.17) is 9.94 Å². The molecule has 0 aromatic carbocycles. The van der Waals surface area contributed by atoms with E-state index < -0.39 is 5.97 Å². The lowest BCUT2D eigenvalue weighted by molar-refractivity contribution is -0.139. The van der Waals surface area contributed by atoms with Gasteiger partial charge >= 0.3 is 5.97 Å². The molecule has 90 valence electrons. The molecule has 2 aliphatic rings. The molecule has 0 heterocycles. The van der Waals surface area contributed by atoms with E-state index in [1.165, 1.54) is 12.8 Å². The van der Waals surface area contributed by atoms with Crippen LogP contribution in [0.3, 0.4) is 0 Å². The SMILES string of the molecule is CC(ON=CC1[C@@H](C(=O)O)C1(C)C)C1CC1. The number of rotatable bonds is 5. The van der Waals surface area contributed by atoms with Crippen molar-refractivity contribution in [3.05, 3.63) is 0 Å². The summed E-state index contributed by atoms with van der Waals surface area (Å²) >= 11 is 0. The molecule has 0 spiro atoms. The molecular weight excluding hydrogens is 206 g/mol. The Hall–Kier alpha value is -1.06. The molecule has 2 saturated carbocycles. The zero-order valence-electron chi connectivity index (χ0n) is 10.0. The van der Waals surface area contributed by atoms with Crippen LogP contribution in [0.1, 0.15) is 33.6 Å². The summed E-state index contributed by atoms with van der Waals surface area (Å²) in [5.74, 6) is -0.385. The number of carboxylic acids is 1. The fourth-order valence-electron chi connectivity index (χ4n) is 2.28. The minimum Gasteiger partial charge on any atom is -0.481 e. The molecule has 0 bridgehead atoms. The molecule has 4 heteroatoms. The molecule has 3 atom stereocenters. The molecule has 2 unspecified atom stereocenters. The van der Waals surface area contributed by atoms with Gasteiger partial charge in [-0.2, -0.15) is 0 Å². The van der Waals surface area contributed by atoms with Crippen molar-refractivity contribution >= 4 is 12.2 Å². The molecule has 0 radical (unpaired) electrons. The minimum atomic E-state index is -0.739. The maximum absolute atomic E-state index is 10.9. The topological polar surface area (TPSA) is 58.9 Å². The first-order chi connectivity index (χ1) is 7.44. The Balaban J connectivity index is 1.81. The summed E-state index contributed by atoms with van der Waals surface area (Å²) in [4.78, 5) is 16.2. The van der Waals surface area contributed by atoms with E-state index in [0.717, 1.165) is 0 Å². The van der Waals surface area contributed by atoms with Crippen molar-refractivity contribution in [3.63, 3.8) is 0 Å². The van der Waals surface area contributed by atoms with Crippen LogP contribution in [0.4, 0.5) is 0 Å². The fourth-order valence-corrected chi connectivity index (χ4v) is 2.28. The van der Waals surface area contributed by atoms with Gasteiger partial charge in [-0.25, -0.2) is 0 Å². The summed E-state index contributed by atoms with van der Waals surface area (Å²) in [5, 5.41) is 12.9. The van der Waals surface area contributed by atoms with Crippen molar-refractivity contribution in [1.29, 1.82) is 0 Å². The fraction of sp³-hybridized carbons (Fsp3) is 0.833. The quantitative estimate of drug-likeness (QED) is 0.576. The van der Waals surface area contributed by atoms with Crippen molar-refractivity contribution in [3.8, 4) is 0 Å². The Morgan fingerprint density at radius 2 is 2.19 bits per heavy atom. The van der Waals surface area contributed by atoms with Crippen molar-refractivity contribution < 1.29 is 14.7 Å². The normalized spacial score (nSPS) is 33.7. The highest BCUT2D eigenvalue weighted by Crippen LogP contribution is 2.57. The van der Waals surface area contributed by atoms with E-state index in [1.54, 1.807) is 6.21 Å². The minimum absolute atomic E-state index is 0.0106. The van der Waals surface area contributed by atoms with Crippen LogP contribution < -0.4 is 0 Å². The number of hydrogen-bond acceptors (Lipinski definition) is 3. The molecule has 2 aliphatic carbocycles. The predicted octanol–water partition coefficient (Wildman–Crippen LogP) is 2.14. The van der Waals surface area contributed by atoms with Gasteiger partial charge in [-0.1, -0.05) is 19.0 Å². The van der Waals surface area contributed by atoms with Crippen LogP contribution in [0.5, 0.6) is 0 Å². The molecule has 0 aromatic heterocycles. The average molecular weight is 225 g/mol. The number of oxime groups is 1. The molecule has 0 saturated heterocycles. The Labute approximate surface area is 95.7 Å². The maximum Gasteiger partial charge on any atom is 0.307 e. The molecule has 0 amide bonds. The Bertz CT molecular complexity index is 320. The van der Waals surface area contributed by atoms with Gasteiger partial charge in [0, 0.05) is 12.1 Å². The summed E-state index contributed by atoms with van der Waals surface area (Å²) < 4.78 is 0. The van der Waals surface area contributed by atoms with Gasteiger partial charge in [-0.3, -0.25) is 4.79 Å². The smallest absolute Gasteiger partial charge is 0.307 e. The van der Waals surface area contributed by atoms with Gasteiger partial charge in [0.25, 0.3) is 0 Å². The highest BCUT2D eigenvalue weighted by atomic mass is 16.6. The molecule has 16 heavy (non-hydrogen) atoms. The van der Waals surface area contributed by atoms with E-state index >= 15 is 0 Å². The molecule has 0 aliphatic heterocycles. The third kappa shape index (κ3) is 2.06. The van der Waals surface area contributed by atoms with Crippen LogP contribution in [-0.4, -0.2) is 23.4 Å². The van der Waals surface area contributed by atoms with Gasteiger partial charge in [-0.15, -0.1) is 0 Å². The van der Waals surface area contributed by atoms with Gasteiger partial charge in [0.05, 0.1) is 5.92 Å². The summed E-state index contributed by atoms with van der Waals surface area (Å²) in [6, 6.07) is 0. The Morgan fingerprint density at radius 1 is 1.56 bits per heavy atom. The largest absolute Gasteiger partial charge is 0.481 e. The Morgan fingerprint density at radius 3 is 2.62 bits per heavy atom. The van der Waals surface area contributed by atoms with Crippen LogP contribution in [-0.2, 0) is 9.63 Å². The van der Waals surface area contributed by atoms with Crippen LogP contribution in [0.25, 0.3) is 0 Å². The van der Waals surface area contributed by atoms with Gasteiger partial charge in [0.1, 0.15) is 6.10 Å². The van der Waals surface area contributed by atoms with E-state index in [-0.39, 0.29) is 23.4 Å². The standard InChI is InChI=1S/C12H19NO3/c1-7(8-4-5-8)16-13-6-9-10(11(14)15)12(9,2)3/h6-10H,4-5H2,1-3H3,(H,14,15)/t7?,9?,10-/m0/s1. The number of nitrogens with zero attached hydrogens (tertiary/aromatic N) is 1. The third-order valence-corrected chi connectivity index (χ3v) is 3.91. The molecule has 0 aromatic rings. The highest BCUT2D eigenvalue weighted by Gasteiger charge is 2.61. The number of carboxylic acid groups (broad SMARTS) is 1. The lowest BCUT2D eigenvalue weighted by Crippen LogP contribution is -2.06. The van der Waals surface area contributed by atoms with Crippen molar-refractivity contribution in [1.82, 2.24) is 0 Å². The second-order valence-corrected chi connectivity index (χ2v) is 5.57. The number of aliphatic carboxylic acids is 1. The second kappa shape index (κ2) is 3.75. The lowest BCUT2D eigenvalue weighted by atomic mass is 10.1. The first-order valence-electron chi connectivity index (χ1n) is 5.86.